The third-order valence-electron chi connectivity index (χ3n) is 4.13. The predicted molar refractivity (Wildman–Crippen MR) is 97.5 cm³/mol. The Kier molecular flexibility index (Phi) is 4.97. The molecule has 0 aliphatic rings. The smallest absolute Gasteiger partial charge is 0.226 e. The molecule has 130 valence electrons. The molecule has 0 saturated carbocycles. The summed E-state index contributed by atoms with van der Waals surface area (Å²) in [7, 11) is 0. The van der Waals surface area contributed by atoms with Gasteiger partial charge in [0.15, 0.2) is 0 Å². The molecule has 0 saturated heterocycles. The van der Waals surface area contributed by atoms with Crippen LogP contribution in [0.4, 0.5) is 5.69 Å². The van der Waals surface area contributed by atoms with Gasteiger partial charge in [-0.05, 0) is 50.6 Å². The second-order valence-corrected chi connectivity index (χ2v) is 6.28. The molecule has 1 amide bonds. The Morgan fingerprint density at radius 1 is 1.08 bits per heavy atom. The number of carbonyl (C=O) groups excluding carboxylic acids is 1. The molecule has 3 aromatic rings. The number of aryl methyl sites for hydroxylation is 4. The van der Waals surface area contributed by atoms with Gasteiger partial charge < -0.3 is 5.32 Å². The van der Waals surface area contributed by atoms with Crippen molar-refractivity contribution in [3.05, 3.63) is 65.2 Å². The molecule has 2 heterocycles. The van der Waals surface area contributed by atoms with Crippen LogP contribution >= 0.6 is 0 Å². The maximum absolute atomic E-state index is 12.2. The molecule has 1 aromatic carbocycles. The molecule has 0 unspecified atom stereocenters. The summed E-state index contributed by atoms with van der Waals surface area (Å²) >= 11 is 0. The first-order valence-electron chi connectivity index (χ1n) is 8.39. The van der Waals surface area contributed by atoms with Crippen LogP contribution in [0.15, 0.2) is 42.6 Å². The maximum Gasteiger partial charge on any atom is 0.226 e. The van der Waals surface area contributed by atoms with Gasteiger partial charge in [-0.1, -0.05) is 12.1 Å². The van der Waals surface area contributed by atoms with Gasteiger partial charge in [0.05, 0.1) is 12.2 Å². The van der Waals surface area contributed by atoms with E-state index in [-0.39, 0.29) is 5.91 Å². The Labute approximate surface area is 147 Å². The first-order valence-corrected chi connectivity index (χ1v) is 8.39. The first kappa shape index (κ1) is 17.0. The fraction of sp³-hybridized carbons (Fsp3) is 0.316. The second kappa shape index (κ2) is 7.34. The summed E-state index contributed by atoms with van der Waals surface area (Å²) in [6, 6.07) is 11.9. The number of carbonyl (C=O) groups is 1. The molecule has 0 aliphatic heterocycles. The minimum Gasteiger partial charge on any atom is -0.326 e. The minimum absolute atomic E-state index is 0.0156. The third kappa shape index (κ3) is 4.35. The van der Waals surface area contributed by atoms with E-state index in [2.05, 4.69) is 21.6 Å². The Balaban J connectivity index is 1.60. The van der Waals surface area contributed by atoms with E-state index in [9.17, 15) is 4.79 Å². The van der Waals surface area contributed by atoms with Crippen molar-refractivity contribution in [3.8, 4) is 0 Å². The van der Waals surface area contributed by atoms with Crippen molar-refractivity contribution in [1.82, 2.24) is 19.6 Å². The maximum atomic E-state index is 12.2. The number of anilines is 1. The van der Waals surface area contributed by atoms with Gasteiger partial charge in [-0.3, -0.25) is 14.2 Å². The monoisotopic (exact) mass is 337 g/mol. The van der Waals surface area contributed by atoms with Gasteiger partial charge in [0, 0.05) is 36.2 Å². The summed E-state index contributed by atoms with van der Waals surface area (Å²) in [5.41, 5.74) is 5.10. The van der Waals surface area contributed by atoms with Crippen molar-refractivity contribution in [1.29, 1.82) is 0 Å². The molecule has 0 fully saturated rings. The topological polar surface area (TPSA) is 64.7 Å². The van der Waals surface area contributed by atoms with E-state index in [1.165, 1.54) is 0 Å². The normalized spacial score (nSPS) is 10.8. The number of hydrogen-bond donors (Lipinski definition) is 1. The highest BCUT2D eigenvalue weighted by atomic mass is 16.1. The van der Waals surface area contributed by atoms with Crippen LogP contribution in [0.1, 0.15) is 29.1 Å². The van der Waals surface area contributed by atoms with E-state index < -0.39 is 0 Å². The van der Waals surface area contributed by atoms with Crippen LogP contribution in [-0.2, 0) is 17.9 Å². The zero-order valence-corrected chi connectivity index (χ0v) is 14.9. The zero-order chi connectivity index (χ0) is 17.8. The van der Waals surface area contributed by atoms with E-state index in [0.29, 0.717) is 19.5 Å². The van der Waals surface area contributed by atoms with Gasteiger partial charge in [0.2, 0.25) is 5.91 Å². The molecule has 0 radical (unpaired) electrons. The average molecular weight is 337 g/mol. The lowest BCUT2D eigenvalue weighted by molar-refractivity contribution is -0.116. The number of hydrogen-bond acceptors (Lipinski definition) is 3. The quantitative estimate of drug-likeness (QED) is 0.752. The Morgan fingerprint density at radius 3 is 2.60 bits per heavy atom. The highest BCUT2D eigenvalue weighted by Crippen LogP contribution is 2.14. The molecular weight excluding hydrogens is 314 g/mol. The van der Waals surface area contributed by atoms with Gasteiger partial charge in [-0.2, -0.15) is 10.2 Å². The summed E-state index contributed by atoms with van der Waals surface area (Å²) in [6.07, 6.45) is 2.14. The zero-order valence-electron chi connectivity index (χ0n) is 14.9. The molecule has 3 rings (SSSR count). The standard InChI is InChI=1S/C19H23N5O/c1-14-11-16(3)24(22-14)13-17-5-4-6-18(12-17)21-19(25)8-10-23-15(2)7-9-20-23/h4-7,9,11-12H,8,10,13H2,1-3H3,(H,21,25). The van der Waals surface area contributed by atoms with Crippen LogP contribution < -0.4 is 5.32 Å². The second-order valence-electron chi connectivity index (χ2n) is 6.28. The highest BCUT2D eigenvalue weighted by Gasteiger charge is 2.06. The molecule has 0 spiro atoms. The minimum atomic E-state index is -0.0156. The van der Waals surface area contributed by atoms with Crippen molar-refractivity contribution in [2.45, 2.75) is 40.3 Å². The summed E-state index contributed by atoms with van der Waals surface area (Å²) in [4.78, 5) is 12.2. The van der Waals surface area contributed by atoms with Gasteiger partial charge in [-0.15, -0.1) is 0 Å². The molecule has 25 heavy (non-hydrogen) atoms. The number of nitrogens with zero attached hydrogens (tertiary/aromatic N) is 4. The molecular formula is C19H23N5O. The van der Waals surface area contributed by atoms with E-state index in [4.69, 9.17) is 0 Å². The van der Waals surface area contributed by atoms with Crippen molar-refractivity contribution >= 4 is 11.6 Å². The largest absolute Gasteiger partial charge is 0.326 e. The van der Waals surface area contributed by atoms with Crippen molar-refractivity contribution < 1.29 is 4.79 Å². The summed E-state index contributed by atoms with van der Waals surface area (Å²) in [6.45, 7) is 7.28. The fourth-order valence-corrected chi connectivity index (χ4v) is 2.82. The van der Waals surface area contributed by atoms with E-state index in [0.717, 1.165) is 28.3 Å². The molecule has 1 N–H and O–H groups in total. The average Bonchev–Trinajstić information content (AvgIpc) is 3.11. The number of nitrogens with one attached hydrogen (secondary N) is 1. The molecule has 2 aromatic heterocycles. The summed E-state index contributed by atoms with van der Waals surface area (Å²) in [5, 5.41) is 11.6. The Hall–Kier alpha value is -2.89. The van der Waals surface area contributed by atoms with Crippen molar-refractivity contribution in [2.75, 3.05) is 5.32 Å². The van der Waals surface area contributed by atoms with Gasteiger partial charge in [0.1, 0.15) is 0 Å². The van der Waals surface area contributed by atoms with Crippen LogP contribution in [0, 0.1) is 20.8 Å². The van der Waals surface area contributed by atoms with Crippen LogP contribution in [0.25, 0.3) is 0 Å². The fourth-order valence-electron chi connectivity index (χ4n) is 2.82. The van der Waals surface area contributed by atoms with Crippen LogP contribution in [-0.4, -0.2) is 25.5 Å². The first-order chi connectivity index (χ1) is 12.0. The van der Waals surface area contributed by atoms with E-state index in [1.54, 1.807) is 6.20 Å². The molecule has 0 atom stereocenters. The molecule has 0 bridgehead atoms. The van der Waals surface area contributed by atoms with E-state index >= 15 is 0 Å². The lowest BCUT2D eigenvalue weighted by Crippen LogP contribution is -2.15. The SMILES string of the molecule is Cc1cc(C)n(Cc2cccc(NC(=O)CCn3nccc3C)c2)n1. The Bertz CT molecular complexity index is 878. The van der Waals surface area contributed by atoms with Crippen molar-refractivity contribution in [3.63, 3.8) is 0 Å². The van der Waals surface area contributed by atoms with Crippen molar-refractivity contribution in [2.24, 2.45) is 0 Å². The van der Waals surface area contributed by atoms with Gasteiger partial charge in [-0.25, -0.2) is 0 Å². The number of amides is 1. The lowest BCUT2D eigenvalue weighted by atomic mass is 10.2. The number of aromatic nitrogens is 4. The van der Waals surface area contributed by atoms with E-state index in [1.807, 2.05) is 60.5 Å². The number of benzene rings is 1. The highest BCUT2D eigenvalue weighted by molar-refractivity contribution is 5.90. The van der Waals surface area contributed by atoms with Crippen LogP contribution in [0.3, 0.4) is 0 Å². The molecule has 0 aliphatic carbocycles. The third-order valence-corrected chi connectivity index (χ3v) is 4.13. The molecule has 6 heteroatoms. The Morgan fingerprint density at radius 2 is 1.92 bits per heavy atom. The lowest BCUT2D eigenvalue weighted by Gasteiger charge is -2.09. The van der Waals surface area contributed by atoms with Crippen LogP contribution in [0.2, 0.25) is 0 Å². The predicted octanol–water partition coefficient (Wildman–Crippen LogP) is 3.08. The van der Waals surface area contributed by atoms with Gasteiger partial charge >= 0.3 is 0 Å². The molecule has 6 nitrogen and oxygen atoms in total. The summed E-state index contributed by atoms with van der Waals surface area (Å²) < 4.78 is 3.80. The number of rotatable bonds is 6. The van der Waals surface area contributed by atoms with Crippen LogP contribution in [0.5, 0.6) is 0 Å². The van der Waals surface area contributed by atoms with Gasteiger partial charge in [0.25, 0.3) is 0 Å². The summed E-state index contributed by atoms with van der Waals surface area (Å²) in [5.74, 6) is -0.0156.